The molecule has 1 rings (SSSR count). The van der Waals surface area contributed by atoms with Crippen LogP contribution in [-0.4, -0.2) is 30.0 Å². The number of alkyl halides is 1. The van der Waals surface area contributed by atoms with Gasteiger partial charge in [-0.1, -0.05) is 35.0 Å². The quantitative estimate of drug-likeness (QED) is 0.838. The molecule has 0 aromatic heterocycles. The zero-order valence-corrected chi connectivity index (χ0v) is 13.0. The van der Waals surface area contributed by atoms with Crippen LogP contribution in [0.3, 0.4) is 0 Å². The highest BCUT2D eigenvalue weighted by Crippen LogP contribution is 2.39. The predicted molar refractivity (Wildman–Crippen MR) is 74.7 cm³/mol. The molecule has 1 N–H and O–H groups in total. The molecular formula is C12H17BrO4S. The van der Waals surface area contributed by atoms with Crippen molar-refractivity contribution in [2.45, 2.75) is 23.6 Å². The maximum Gasteiger partial charge on any atom is 0.168 e. The number of methoxy groups -OCH3 is 1. The van der Waals surface area contributed by atoms with Crippen molar-refractivity contribution in [2.75, 3.05) is 12.9 Å². The third kappa shape index (κ3) is 2.87. The second-order valence-electron chi connectivity index (χ2n) is 4.07. The summed E-state index contributed by atoms with van der Waals surface area (Å²) in [4.78, 5) is 0. The van der Waals surface area contributed by atoms with E-state index < -0.39 is 19.6 Å². The molecule has 18 heavy (non-hydrogen) atoms. The van der Waals surface area contributed by atoms with Crippen LogP contribution < -0.4 is 4.74 Å². The van der Waals surface area contributed by atoms with Gasteiger partial charge in [0.25, 0.3) is 0 Å². The molecule has 0 bridgehead atoms. The molecule has 0 spiro atoms. The van der Waals surface area contributed by atoms with Crippen LogP contribution in [0.25, 0.3) is 0 Å². The number of benzene rings is 1. The van der Waals surface area contributed by atoms with E-state index in [4.69, 9.17) is 4.74 Å². The van der Waals surface area contributed by atoms with Crippen molar-refractivity contribution in [3.8, 4) is 5.75 Å². The third-order valence-corrected chi connectivity index (χ3v) is 7.02. The molecule has 6 heteroatoms. The van der Waals surface area contributed by atoms with E-state index in [2.05, 4.69) is 15.9 Å². The average molecular weight is 337 g/mol. The van der Waals surface area contributed by atoms with Gasteiger partial charge in [-0.25, -0.2) is 8.42 Å². The molecule has 0 amide bonds. The molecule has 0 aliphatic heterocycles. The van der Waals surface area contributed by atoms with Gasteiger partial charge in [-0.2, -0.15) is 0 Å². The molecule has 4 nitrogen and oxygen atoms in total. The van der Waals surface area contributed by atoms with Crippen molar-refractivity contribution in [3.05, 3.63) is 29.8 Å². The average Bonchev–Trinajstić information content (AvgIpc) is 2.37. The minimum Gasteiger partial charge on any atom is -0.497 e. The lowest BCUT2D eigenvalue weighted by atomic mass is 10.1. The first kappa shape index (κ1) is 15.5. The Morgan fingerprint density at radius 2 is 1.89 bits per heavy atom. The number of aliphatic hydroxyl groups excluding tert-OH is 1. The molecule has 1 aromatic rings. The van der Waals surface area contributed by atoms with Gasteiger partial charge >= 0.3 is 0 Å². The molecule has 0 heterocycles. The van der Waals surface area contributed by atoms with Crippen molar-refractivity contribution < 1.29 is 18.3 Å². The van der Waals surface area contributed by atoms with Gasteiger partial charge in [0.15, 0.2) is 13.5 Å². The molecule has 2 atom stereocenters. The van der Waals surface area contributed by atoms with Crippen LogP contribution in [0.15, 0.2) is 24.3 Å². The lowest BCUT2D eigenvalue weighted by molar-refractivity contribution is 0.167. The van der Waals surface area contributed by atoms with Gasteiger partial charge in [0.05, 0.1) is 7.11 Å². The van der Waals surface area contributed by atoms with E-state index in [1.165, 1.54) is 6.92 Å². The minimum absolute atomic E-state index is 0.0397. The van der Waals surface area contributed by atoms with E-state index in [1.54, 1.807) is 38.3 Å². The molecule has 0 aliphatic rings. The Hall–Kier alpha value is -0.590. The van der Waals surface area contributed by atoms with Crippen molar-refractivity contribution >= 4 is 25.8 Å². The first-order valence-electron chi connectivity index (χ1n) is 5.49. The number of hydrogen-bond donors (Lipinski definition) is 1. The molecule has 102 valence electrons. The summed E-state index contributed by atoms with van der Waals surface area (Å²) < 4.78 is 27.5. The van der Waals surface area contributed by atoms with E-state index in [-0.39, 0.29) is 5.75 Å². The summed E-state index contributed by atoms with van der Waals surface area (Å²) in [6.07, 6.45) is -1.15. The zero-order valence-electron chi connectivity index (χ0n) is 10.6. The molecule has 0 fully saturated rings. The Bertz CT molecular complexity index is 493. The lowest BCUT2D eigenvalue weighted by Crippen LogP contribution is -2.36. The Kier molecular flexibility index (Phi) is 4.80. The highest BCUT2D eigenvalue weighted by atomic mass is 79.9. The monoisotopic (exact) mass is 336 g/mol. The number of ether oxygens (including phenoxy) is 1. The van der Waals surface area contributed by atoms with Crippen molar-refractivity contribution in [1.29, 1.82) is 0 Å². The Balaban J connectivity index is 3.09. The van der Waals surface area contributed by atoms with Crippen molar-refractivity contribution in [2.24, 2.45) is 0 Å². The first-order valence-corrected chi connectivity index (χ1v) is 7.94. The van der Waals surface area contributed by atoms with E-state index in [0.29, 0.717) is 11.3 Å². The van der Waals surface area contributed by atoms with E-state index in [0.717, 1.165) is 0 Å². The zero-order chi connectivity index (χ0) is 14.0. The van der Waals surface area contributed by atoms with Crippen LogP contribution in [0.2, 0.25) is 0 Å². The summed E-state index contributed by atoms with van der Waals surface area (Å²) in [5.41, 5.74) is 0.521. The fourth-order valence-corrected chi connectivity index (χ4v) is 3.53. The number of hydrogen-bond acceptors (Lipinski definition) is 4. The normalized spacial score (nSPS) is 16.9. The lowest BCUT2D eigenvalue weighted by Gasteiger charge is -2.28. The van der Waals surface area contributed by atoms with Crippen LogP contribution in [0.4, 0.5) is 0 Å². The summed E-state index contributed by atoms with van der Waals surface area (Å²) in [7, 11) is -1.88. The topological polar surface area (TPSA) is 63.6 Å². The molecule has 0 saturated heterocycles. The first-order chi connectivity index (χ1) is 8.26. The third-order valence-electron chi connectivity index (χ3n) is 2.91. The predicted octanol–water partition coefficient (Wildman–Crippen LogP) is 2.27. The Labute approximate surface area is 116 Å². The Morgan fingerprint density at radius 1 is 1.39 bits per heavy atom. The summed E-state index contributed by atoms with van der Waals surface area (Å²) in [5.74, 6) is 0.614. The summed E-state index contributed by atoms with van der Waals surface area (Å²) in [6.45, 7) is 3.01. The standard InChI is InChI=1S/C12H17BrO4S/c1-4-18(15,16)12(2,13)11(14)9-5-7-10(17-3)8-6-9/h5-8,11,14H,4H2,1-3H3. The van der Waals surface area contributed by atoms with Gasteiger partial charge in [0, 0.05) is 5.75 Å². The molecule has 2 unspecified atom stereocenters. The van der Waals surface area contributed by atoms with Gasteiger partial charge < -0.3 is 9.84 Å². The Morgan fingerprint density at radius 3 is 2.28 bits per heavy atom. The van der Waals surface area contributed by atoms with Crippen LogP contribution in [0.1, 0.15) is 25.5 Å². The van der Waals surface area contributed by atoms with Gasteiger partial charge in [0.2, 0.25) is 0 Å². The number of sulfone groups is 1. The van der Waals surface area contributed by atoms with Gasteiger partial charge in [-0.05, 0) is 24.6 Å². The highest BCUT2D eigenvalue weighted by Gasteiger charge is 2.42. The fourth-order valence-electron chi connectivity index (χ4n) is 1.54. The molecule has 0 radical (unpaired) electrons. The molecular weight excluding hydrogens is 320 g/mol. The number of aliphatic hydroxyl groups is 1. The van der Waals surface area contributed by atoms with E-state index in [9.17, 15) is 13.5 Å². The van der Waals surface area contributed by atoms with Crippen LogP contribution >= 0.6 is 15.9 Å². The maximum atomic E-state index is 11.9. The van der Waals surface area contributed by atoms with Gasteiger partial charge in [-0.15, -0.1) is 0 Å². The molecule has 1 aromatic carbocycles. The van der Waals surface area contributed by atoms with Crippen molar-refractivity contribution in [1.82, 2.24) is 0 Å². The summed E-state index contributed by atoms with van der Waals surface area (Å²) in [6, 6.07) is 6.66. The van der Waals surface area contributed by atoms with Gasteiger partial charge in [-0.3, -0.25) is 0 Å². The fraction of sp³-hybridized carbons (Fsp3) is 0.500. The second kappa shape index (κ2) is 5.59. The minimum atomic E-state index is -3.43. The van der Waals surface area contributed by atoms with E-state index in [1.807, 2.05) is 0 Å². The SMILES string of the molecule is CCS(=O)(=O)C(C)(Br)C(O)c1ccc(OC)cc1. The summed E-state index contributed by atoms with van der Waals surface area (Å²) in [5, 5.41) is 10.2. The second-order valence-corrected chi connectivity index (χ2v) is 8.89. The maximum absolute atomic E-state index is 11.9. The smallest absolute Gasteiger partial charge is 0.168 e. The van der Waals surface area contributed by atoms with Crippen LogP contribution in [0, 0.1) is 0 Å². The van der Waals surface area contributed by atoms with Gasteiger partial charge in [0.1, 0.15) is 11.9 Å². The number of halogens is 1. The number of rotatable bonds is 5. The molecule has 0 aliphatic carbocycles. The van der Waals surface area contributed by atoms with Crippen LogP contribution in [-0.2, 0) is 9.84 Å². The summed E-state index contributed by atoms with van der Waals surface area (Å²) >= 11 is 3.13. The van der Waals surface area contributed by atoms with E-state index >= 15 is 0 Å². The van der Waals surface area contributed by atoms with Crippen molar-refractivity contribution in [3.63, 3.8) is 0 Å². The van der Waals surface area contributed by atoms with Crippen LogP contribution in [0.5, 0.6) is 5.75 Å². The largest absolute Gasteiger partial charge is 0.497 e. The molecule has 0 saturated carbocycles. The highest BCUT2D eigenvalue weighted by molar-refractivity contribution is 9.11.